The lowest BCUT2D eigenvalue weighted by Crippen LogP contribution is -2.13. The Morgan fingerprint density at radius 1 is 1.12 bits per heavy atom. The van der Waals surface area contributed by atoms with Crippen LogP contribution in [0.3, 0.4) is 0 Å². The number of anilines is 1. The summed E-state index contributed by atoms with van der Waals surface area (Å²) in [5.41, 5.74) is 1.43. The summed E-state index contributed by atoms with van der Waals surface area (Å²) in [6.07, 6.45) is 8.41. The van der Waals surface area contributed by atoms with E-state index in [1.807, 2.05) is 24.3 Å². The number of ether oxygens (including phenoxy) is 1. The highest BCUT2D eigenvalue weighted by Gasteiger charge is 2.17. The molecule has 2 aromatic heterocycles. The minimum atomic E-state index is -0.216. The van der Waals surface area contributed by atoms with Crippen LogP contribution in [0, 0.1) is 0 Å². The molecule has 0 saturated heterocycles. The minimum absolute atomic E-state index is 0.216. The van der Waals surface area contributed by atoms with Gasteiger partial charge in [0.2, 0.25) is 5.13 Å². The van der Waals surface area contributed by atoms with E-state index in [-0.39, 0.29) is 5.91 Å². The maximum absolute atomic E-state index is 12.4. The van der Waals surface area contributed by atoms with Gasteiger partial charge in [-0.25, -0.2) is 0 Å². The van der Waals surface area contributed by atoms with Crippen LogP contribution in [-0.2, 0) is 0 Å². The van der Waals surface area contributed by atoms with E-state index < -0.39 is 0 Å². The number of hydrogen-bond donors (Lipinski definition) is 1. The largest absolute Gasteiger partial charge is 0.490 e. The number of nitrogens with one attached hydrogen (secondary N) is 1. The average Bonchev–Trinajstić information content (AvgIpc) is 3.35. The zero-order valence-corrected chi connectivity index (χ0v) is 14.9. The molecule has 0 spiro atoms. The maximum Gasteiger partial charge on any atom is 0.257 e. The number of carbonyl (C=O) groups excluding carboxylic acids is 1. The molecule has 4 rings (SSSR count). The Kier molecular flexibility index (Phi) is 4.88. The zero-order valence-electron chi connectivity index (χ0n) is 14.1. The van der Waals surface area contributed by atoms with Crippen molar-refractivity contribution in [2.45, 2.75) is 31.8 Å². The van der Waals surface area contributed by atoms with Crippen molar-refractivity contribution in [1.29, 1.82) is 0 Å². The number of pyridine rings is 1. The van der Waals surface area contributed by atoms with Crippen LogP contribution in [0.25, 0.3) is 10.6 Å². The number of aromatic nitrogens is 3. The Hall–Kier alpha value is -2.80. The first-order valence-electron chi connectivity index (χ1n) is 8.60. The van der Waals surface area contributed by atoms with Crippen LogP contribution >= 0.6 is 11.3 Å². The van der Waals surface area contributed by atoms with E-state index >= 15 is 0 Å². The normalized spacial score (nSPS) is 14.3. The van der Waals surface area contributed by atoms with Gasteiger partial charge in [-0.3, -0.25) is 15.1 Å². The molecule has 0 bridgehead atoms. The third kappa shape index (κ3) is 3.88. The Bertz CT molecular complexity index is 874. The van der Waals surface area contributed by atoms with Crippen LogP contribution < -0.4 is 10.1 Å². The molecule has 3 aromatic rings. The van der Waals surface area contributed by atoms with Gasteiger partial charge >= 0.3 is 0 Å². The first kappa shape index (κ1) is 16.7. The predicted molar refractivity (Wildman–Crippen MR) is 100 cm³/mol. The summed E-state index contributed by atoms with van der Waals surface area (Å²) in [5, 5.41) is 12.1. The molecule has 0 radical (unpaired) electrons. The average molecular weight is 366 g/mol. The fraction of sp³-hybridized carbons (Fsp3) is 0.263. The summed E-state index contributed by atoms with van der Waals surface area (Å²) in [4.78, 5) is 16.5. The number of carbonyl (C=O) groups is 1. The van der Waals surface area contributed by atoms with Gasteiger partial charge in [-0.1, -0.05) is 11.3 Å². The monoisotopic (exact) mass is 366 g/mol. The lowest BCUT2D eigenvalue weighted by molar-refractivity contribution is 0.102. The number of nitrogens with zero attached hydrogens (tertiary/aromatic N) is 3. The number of hydrogen-bond acceptors (Lipinski definition) is 6. The fourth-order valence-electron chi connectivity index (χ4n) is 2.93. The number of amides is 1. The molecule has 0 aliphatic heterocycles. The molecule has 1 aromatic carbocycles. The fourth-order valence-corrected chi connectivity index (χ4v) is 3.66. The zero-order chi connectivity index (χ0) is 17.8. The molecule has 26 heavy (non-hydrogen) atoms. The minimum Gasteiger partial charge on any atom is -0.490 e. The van der Waals surface area contributed by atoms with Crippen LogP contribution in [0.4, 0.5) is 5.13 Å². The predicted octanol–water partition coefficient (Wildman–Crippen LogP) is 4.17. The lowest BCUT2D eigenvalue weighted by Gasteiger charge is -2.13. The second kappa shape index (κ2) is 7.61. The molecule has 0 unspecified atom stereocenters. The maximum atomic E-state index is 12.4. The summed E-state index contributed by atoms with van der Waals surface area (Å²) in [6, 6.07) is 11.0. The molecule has 132 valence electrons. The summed E-state index contributed by atoms with van der Waals surface area (Å²) in [7, 11) is 0. The van der Waals surface area contributed by atoms with Gasteiger partial charge in [0.1, 0.15) is 5.75 Å². The van der Waals surface area contributed by atoms with Crippen LogP contribution in [-0.4, -0.2) is 27.2 Å². The molecule has 7 heteroatoms. The van der Waals surface area contributed by atoms with Crippen LogP contribution in [0.2, 0.25) is 0 Å². The summed E-state index contributed by atoms with van der Waals surface area (Å²) in [6.45, 7) is 0. The van der Waals surface area contributed by atoms with Crippen molar-refractivity contribution >= 4 is 22.4 Å². The molecule has 6 nitrogen and oxygen atoms in total. The second-order valence-electron chi connectivity index (χ2n) is 6.16. The van der Waals surface area contributed by atoms with Gasteiger partial charge < -0.3 is 4.74 Å². The summed E-state index contributed by atoms with van der Waals surface area (Å²) in [5.74, 6) is 0.592. The first-order chi connectivity index (χ1) is 12.8. The highest BCUT2D eigenvalue weighted by molar-refractivity contribution is 7.18. The van der Waals surface area contributed by atoms with Gasteiger partial charge in [0, 0.05) is 23.5 Å². The van der Waals surface area contributed by atoms with Gasteiger partial charge in [0.05, 0.1) is 6.10 Å². The molecule has 1 fully saturated rings. The van der Waals surface area contributed by atoms with Crippen molar-refractivity contribution in [2.75, 3.05) is 5.32 Å². The van der Waals surface area contributed by atoms with E-state index in [4.69, 9.17) is 4.74 Å². The Morgan fingerprint density at radius 3 is 2.65 bits per heavy atom. The van der Waals surface area contributed by atoms with Gasteiger partial charge in [-0.05, 0) is 62.1 Å². The molecular formula is C19H18N4O2S. The quantitative estimate of drug-likeness (QED) is 0.733. The third-order valence-electron chi connectivity index (χ3n) is 4.28. The van der Waals surface area contributed by atoms with E-state index in [0.717, 1.165) is 24.2 Å². The SMILES string of the molecule is O=C(Nc1nnc(-c2cccnc2)s1)c1ccc(OC2CCCC2)cc1. The van der Waals surface area contributed by atoms with E-state index in [1.54, 1.807) is 24.5 Å². The van der Waals surface area contributed by atoms with E-state index in [1.165, 1.54) is 24.2 Å². The van der Waals surface area contributed by atoms with Crippen molar-refractivity contribution in [2.24, 2.45) is 0 Å². The molecule has 2 heterocycles. The standard InChI is InChI=1S/C19H18N4O2S/c24-17(13-7-9-16(10-8-13)25-15-5-1-2-6-15)21-19-23-22-18(26-19)14-4-3-11-20-12-14/h3-4,7-12,15H,1-2,5-6H2,(H,21,23,24). The molecule has 1 aliphatic rings. The van der Waals surface area contributed by atoms with Crippen molar-refractivity contribution in [1.82, 2.24) is 15.2 Å². The van der Waals surface area contributed by atoms with Crippen LogP contribution in [0.15, 0.2) is 48.8 Å². The second-order valence-corrected chi connectivity index (χ2v) is 7.13. The lowest BCUT2D eigenvalue weighted by atomic mass is 10.2. The highest BCUT2D eigenvalue weighted by atomic mass is 32.1. The van der Waals surface area contributed by atoms with Crippen molar-refractivity contribution in [3.8, 4) is 16.3 Å². The van der Waals surface area contributed by atoms with Crippen LogP contribution in [0.1, 0.15) is 36.0 Å². The van der Waals surface area contributed by atoms with Gasteiger partial charge in [-0.2, -0.15) is 0 Å². The third-order valence-corrected chi connectivity index (χ3v) is 5.16. The summed E-state index contributed by atoms with van der Waals surface area (Å²) < 4.78 is 5.92. The van der Waals surface area contributed by atoms with E-state index in [0.29, 0.717) is 21.8 Å². The molecule has 1 amide bonds. The van der Waals surface area contributed by atoms with Crippen molar-refractivity contribution in [3.05, 3.63) is 54.4 Å². The Balaban J connectivity index is 1.39. The Morgan fingerprint density at radius 2 is 1.92 bits per heavy atom. The van der Waals surface area contributed by atoms with Gasteiger partial charge in [0.25, 0.3) is 5.91 Å². The highest BCUT2D eigenvalue weighted by Crippen LogP contribution is 2.26. The first-order valence-corrected chi connectivity index (χ1v) is 9.41. The Labute approximate surface area is 155 Å². The summed E-state index contributed by atoms with van der Waals surface area (Å²) >= 11 is 1.31. The van der Waals surface area contributed by atoms with Gasteiger partial charge in [0.15, 0.2) is 5.01 Å². The van der Waals surface area contributed by atoms with Crippen molar-refractivity contribution < 1.29 is 9.53 Å². The molecule has 1 saturated carbocycles. The smallest absolute Gasteiger partial charge is 0.257 e. The van der Waals surface area contributed by atoms with E-state index in [9.17, 15) is 4.79 Å². The van der Waals surface area contributed by atoms with Gasteiger partial charge in [-0.15, -0.1) is 10.2 Å². The van der Waals surface area contributed by atoms with Crippen molar-refractivity contribution in [3.63, 3.8) is 0 Å². The number of benzene rings is 1. The molecule has 0 atom stereocenters. The topological polar surface area (TPSA) is 77.0 Å². The molecular weight excluding hydrogens is 348 g/mol. The molecule has 1 aliphatic carbocycles. The van der Waals surface area contributed by atoms with Crippen LogP contribution in [0.5, 0.6) is 5.75 Å². The van der Waals surface area contributed by atoms with E-state index in [2.05, 4.69) is 20.5 Å². The molecule has 1 N–H and O–H groups in total. The number of rotatable bonds is 5.